The number of carbonyl (C=O) groups excluding carboxylic acids is 1. The van der Waals surface area contributed by atoms with E-state index in [1.807, 2.05) is 12.1 Å². The van der Waals surface area contributed by atoms with Gasteiger partial charge in [0.05, 0.1) is 11.6 Å². The molecule has 1 aliphatic rings. The zero-order valence-electron chi connectivity index (χ0n) is 15.5. The fourth-order valence-electron chi connectivity index (χ4n) is 3.46. The molecule has 0 radical (unpaired) electrons. The summed E-state index contributed by atoms with van der Waals surface area (Å²) < 4.78 is 38.0. The summed E-state index contributed by atoms with van der Waals surface area (Å²) >= 11 is 0. The van der Waals surface area contributed by atoms with Crippen LogP contribution in [-0.2, 0) is 24.1 Å². The molecule has 3 rings (SSSR count). The molecule has 0 spiro atoms. The molecule has 5 nitrogen and oxygen atoms in total. The standard InChI is InChI=1S/C20H23F3N4O/c1-24-19(28)18-10-17(13-27(18)12-15-6-8-25-9-7-15)26-11-14-2-4-16(5-3-14)20(21,22)23/h2-9,17-18,26H,10-13H2,1H3,(H,24,28)/t17-,18+/m1/s1. The fourth-order valence-corrected chi connectivity index (χ4v) is 3.46. The lowest BCUT2D eigenvalue weighted by Gasteiger charge is -2.22. The van der Waals surface area contributed by atoms with Crippen LogP contribution in [0.15, 0.2) is 48.8 Å². The molecule has 0 bridgehead atoms. The molecule has 1 aliphatic heterocycles. The minimum Gasteiger partial charge on any atom is -0.358 e. The molecule has 28 heavy (non-hydrogen) atoms. The number of carbonyl (C=O) groups is 1. The first kappa shape index (κ1) is 20.3. The lowest BCUT2D eigenvalue weighted by molar-refractivity contribution is -0.137. The van der Waals surface area contributed by atoms with E-state index in [1.165, 1.54) is 12.1 Å². The highest BCUT2D eigenvalue weighted by molar-refractivity contribution is 5.81. The SMILES string of the molecule is CNC(=O)[C@@H]1C[C@@H](NCc2ccc(C(F)(F)F)cc2)CN1Cc1ccncc1. The van der Waals surface area contributed by atoms with Gasteiger partial charge in [-0.05, 0) is 41.8 Å². The van der Waals surface area contributed by atoms with Crippen molar-refractivity contribution >= 4 is 5.91 Å². The molecule has 1 fully saturated rings. The van der Waals surface area contributed by atoms with Crippen molar-refractivity contribution in [3.8, 4) is 0 Å². The molecule has 1 aromatic heterocycles. The molecule has 2 atom stereocenters. The molecule has 1 saturated heterocycles. The number of amides is 1. The summed E-state index contributed by atoms with van der Waals surface area (Å²) in [5.74, 6) is -0.0344. The van der Waals surface area contributed by atoms with Gasteiger partial charge < -0.3 is 10.6 Å². The number of pyridine rings is 1. The summed E-state index contributed by atoms with van der Waals surface area (Å²) in [5.41, 5.74) is 1.20. The van der Waals surface area contributed by atoms with E-state index in [1.54, 1.807) is 19.4 Å². The highest BCUT2D eigenvalue weighted by atomic mass is 19.4. The van der Waals surface area contributed by atoms with Gasteiger partial charge in [-0.1, -0.05) is 12.1 Å². The molecule has 0 unspecified atom stereocenters. The average molecular weight is 392 g/mol. The van der Waals surface area contributed by atoms with E-state index in [-0.39, 0.29) is 18.0 Å². The average Bonchev–Trinajstić information content (AvgIpc) is 3.09. The number of alkyl halides is 3. The van der Waals surface area contributed by atoms with Gasteiger partial charge in [-0.15, -0.1) is 0 Å². The molecule has 150 valence electrons. The number of likely N-dealkylation sites (N-methyl/N-ethyl adjacent to an activating group) is 1. The number of likely N-dealkylation sites (tertiary alicyclic amines) is 1. The van der Waals surface area contributed by atoms with Gasteiger partial charge in [-0.25, -0.2) is 0 Å². The van der Waals surface area contributed by atoms with Crippen molar-refractivity contribution in [2.75, 3.05) is 13.6 Å². The zero-order valence-corrected chi connectivity index (χ0v) is 15.5. The number of rotatable bonds is 6. The third-order valence-electron chi connectivity index (χ3n) is 4.96. The van der Waals surface area contributed by atoms with E-state index in [4.69, 9.17) is 0 Å². The van der Waals surface area contributed by atoms with Crippen LogP contribution in [0.5, 0.6) is 0 Å². The Morgan fingerprint density at radius 2 is 1.82 bits per heavy atom. The normalized spacial score (nSPS) is 20.3. The maximum atomic E-state index is 12.7. The Kier molecular flexibility index (Phi) is 6.31. The van der Waals surface area contributed by atoms with E-state index in [9.17, 15) is 18.0 Å². The molecule has 8 heteroatoms. The first-order chi connectivity index (χ1) is 13.4. The smallest absolute Gasteiger partial charge is 0.358 e. The Labute approximate surface area is 162 Å². The second-order valence-electron chi connectivity index (χ2n) is 6.92. The number of nitrogens with one attached hydrogen (secondary N) is 2. The Hall–Kier alpha value is -2.45. The van der Waals surface area contributed by atoms with Crippen LogP contribution in [0.4, 0.5) is 13.2 Å². The Morgan fingerprint density at radius 1 is 1.14 bits per heavy atom. The number of hydrogen-bond acceptors (Lipinski definition) is 4. The van der Waals surface area contributed by atoms with Crippen LogP contribution in [0, 0.1) is 0 Å². The van der Waals surface area contributed by atoms with Gasteiger partial charge in [-0.2, -0.15) is 13.2 Å². The van der Waals surface area contributed by atoms with Crippen molar-refractivity contribution in [2.24, 2.45) is 0 Å². The lowest BCUT2D eigenvalue weighted by atomic mass is 10.1. The van der Waals surface area contributed by atoms with Crippen molar-refractivity contribution in [1.29, 1.82) is 0 Å². The molecule has 0 saturated carbocycles. The van der Waals surface area contributed by atoms with Crippen molar-refractivity contribution in [3.63, 3.8) is 0 Å². The molecular weight excluding hydrogens is 369 g/mol. The first-order valence-electron chi connectivity index (χ1n) is 9.11. The van der Waals surface area contributed by atoms with Crippen LogP contribution in [-0.4, -0.2) is 41.5 Å². The van der Waals surface area contributed by atoms with Gasteiger partial charge in [0.15, 0.2) is 0 Å². The lowest BCUT2D eigenvalue weighted by Crippen LogP contribution is -2.41. The number of nitrogens with zero attached hydrogens (tertiary/aromatic N) is 2. The highest BCUT2D eigenvalue weighted by Crippen LogP contribution is 2.29. The van der Waals surface area contributed by atoms with E-state index in [0.717, 1.165) is 23.3 Å². The van der Waals surface area contributed by atoms with Crippen molar-refractivity contribution < 1.29 is 18.0 Å². The van der Waals surface area contributed by atoms with Gasteiger partial charge in [-0.3, -0.25) is 14.7 Å². The summed E-state index contributed by atoms with van der Waals surface area (Å²) in [6.07, 6.45) is -0.238. The predicted molar refractivity (Wildman–Crippen MR) is 99.2 cm³/mol. The minimum absolute atomic E-state index is 0.0344. The van der Waals surface area contributed by atoms with Crippen LogP contribution in [0.1, 0.15) is 23.1 Å². The number of aromatic nitrogens is 1. The zero-order chi connectivity index (χ0) is 20.1. The van der Waals surface area contributed by atoms with Crippen molar-refractivity contribution in [3.05, 3.63) is 65.5 Å². The van der Waals surface area contributed by atoms with Gasteiger partial charge in [0, 0.05) is 45.1 Å². The summed E-state index contributed by atoms with van der Waals surface area (Å²) in [6, 6.07) is 8.82. The largest absolute Gasteiger partial charge is 0.416 e. The van der Waals surface area contributed by atoms with Crippen LogP contribution in [0.25, 0.3) is 0 Å². The summed E-state index contributed by atoms with van der Waals surface area (Å²) in [6.45, 7) is 1.77. The van der Waals surface area contributed by atoms with Crippen molar-refractivity contribution in [2.45, 2.75) is 37.8 Å². The summed E-state index contributed by atoms with van der Waals surface area (Å²) in [4.78, 5) is 18.4. The molecule has 1 aromatic carbocycles. The van der Waals surface area contributed by atoms with Crippen LogP contribution in [0.3, 0.4) is 0 Å². The summed E-state index contributed by atoms with van der Waals surface area (Å²) in [7, 11) is 1.62. The van der Waals surface area contributed by atoms with E-state index in [2.05, 4.69) is 20.5 Å². The third kappa shape index (κ3) is 5.08. The molecule has 2 aromatic rings. The Balaban J connectivity index is 1.60. The quantitative estimate of drug-likeness (QED) is 0.794. The summed E-state index contributed by atoms with van der Waals surface area (Å²) in [5, 5.41) is 6.08. The van der Waals surface area contributed by atoms with Gasteiger partial charge in [0.2, 0.25) is 5.91 Å². The topological polar surface area (TPSA) is 57.3 Å². The van der Waals surface area contributed by atoms with Crippen LogP contribution < -0.4 is 10.6 Å². The number of halogens is 3. The molecule has 1 amide bonds. The van der Waals surface area contributed by atoms with Gasteiger partial charge in [0.25, 0.3) is 0 Å². The maximum Gasteiger partial charge on any atom is 0.416 e. The fraction of sp³-hybridized carbons (Fsp3) is 0.400. The number of benzene rings is 1. The second-order valence-corrected chi connectivity index (χ2v) is 6.92. The third-order valence-corrected chi connectivity index (χ3v) is 4.96. The minimum atomic E-state index is -4.33. The van der Waals surface area contributed by atoms with Crippen molar-refractivity contribution in [1.82, 2.24) is 20.5 Å². The second kappa shape index (κ2) is 8.70. The van der Waals surface area contributed by atoms with E-state index in [0.29, 0.717) is 26.1 Å². The van der Waals surface area contributed by atoms with Gasteiger partial charge in [0.1, 0.15) is 0 Å². The van der Waals surface area contributed by atoms with E-state index < -0.39 is 11.7 Å². The van der Waals surface area contributed by atoms with E-state index >= 15 is 0 Å². The Bertz CT molecular complexity index is 780. The number of hydrogen-bond donors (Lipinski definition) is 2. The Morgan fingerprint density at radius 3 is 2.43 bits per heavy atom. The van der Waals surface area contributed by atoms with Crippen LogP contribution in [0.2, 0.25) is 0 Å². The first-order valence-corrected chi connectivity index (χ1v) is 9.11. The van der Waals surface area contributed by atoms with Gasteiger partial charge >= 0.3 is 6.18 Å². The predicted octanol–water partition coefficient (Wildman–Crippen LogP) is 2.58. The molecule has 2 heterocycles. The monoisotopic (exact) mass is 392 g/mol. The molecule has 2 N–H and O–H groups in total. The molecule has 0 aliphatic carbocycles. The molecular formula is C20H23F3N4O. The van der Waals surface area contributed by atoms with Crippen LogP contribution >= 0.6 is 0 Å². The highest BCUT2D eigenvalue weighted by Gasteiger charge is 2.36. The maximum absolute atomic E-state index is 12.7.